The van der Waals surface area contributed by atoms with Crippen LogP contribution in [0.2, 0.25) is 0 Å². The summed E-state index contributed by atoms with van der Waals surface area (Å²) in [5.74, 6) is -1.44. The Hall–Kier alpha value is -2.83. The Labute approximate surface area is 129 Å². The number of amides is 1. The lowest BCUT2D eigenvalue weighted by Gasteiger charge is -2.10. The van der Waals surface area contributed by atoms with Crippen molar-refractivity contribution in [3.8, 4) is 11.5 Å². The van der Waals surface area contributed by atoms with Crippen LogP contribution in [0.15, 0.2) is 49.0 Å². The van der Waals surface area contributed by atoms with E-state index < -0.39 is 23.5 Å². The Morgan fingerprint density at radius 1 is 1.04 bits per heavy atom. The van der Waals surface area contributed by atoms with Gasteiger partial charge in [-0.25, -0.2) is 4.39 Å². The van der Waals surface area contributed by atoms with Crippen LogP contribution in [0.4, 0.5) is 17.6 Å². The first-order valence-electron chi connectivity index (χ1n) is 6.31. The molecule has 2 N–H and O–H groups in total. The number of alkyl halides is 3. The van der Waals surface area contributed by atoms with Crippen molar-refractivity contribution in [2.45, 2.75) is 6.18 Å². The molecule has 0 unspecified atom stereocenters. The highest BCUT2D eigenvalue weighted by Gasteiger charge is 2.30. The fraction of sp³-hybridized carbons (Fsp3) is 0.0625. The summed E-state index contributed by atoms with van der Waals surface area (Å²) in [6, 6.07) is 7.29. The zero-order valence-electron chi connectivity index (χ0n) is 11.7. The fourth-order valence-corrected chi connectivity index (χ4v) is 1.79. The largest absolute Gasteiger partial charge is 0.457 e. The van der Waals surface area contributed by atoms with Crippen LogP contribution in [-0.4, -0.2) is 5.91 Å². The van der Waals surface area contributed by atoms with E-state index in [0.717, 1.165) is 36.4 Å². The van der Waals surface area contributed by atoms with Gasteiger partial charge in [0.2, 0.25) is 5.91 Å². The number of hydrogen-bond acceptors (Lipinski definition) is 2. The molecule has 1 amide bonds. The molecule has 0 aliphatic rings. The zero-order chi connectivity index (χ0) is 17.2. The lowest BCUT2D eigenvalue weighted by atomic mass is 10.1. The Kier molecular flexibility index (Phi) is 4.40. The predicted molar refractivity (Wildman–Crippen MR) is 76.1 cm³/mol. The molecule has 0 radical (unpaired) electrons. The van der Waals surface area contributed by atoms with E-state index in [2.05, 4.69) is 6.58 Å². The minimum atomic E-state index is -4.45. The fourth-order valence-electron chi connectivity index (χ4n) is 1.79. The molecule has 0 aliphatic heterocycles. The van der Waals surface area contributed by atoms with Crippen LogP contribution < -0.4 is 10.5 Å². The standard InChI is InChI=1S/C16H11F4NO2/c1-9(15(21)22)10-6-12(17)8-14(7-10)23-13-4-2-11(3-5-13)16(18,19)20/h2-8H,1H2,(H2,21,22). The first-order valence-corrected chi connectivity index (χ1v) is 6.31. The molecule has 7 heteroatoms. The summed E-state index contributed by atoms with van der Waals surface area (Å²) in [7, 11) is 0. The average molecular weight is 325 g/mol. The number of hydrogen-bond donors (Lipinski definition) is 1. The lowest BCUT2D eigenvalue weighted by molar-refractivity contribution is -0.137. The van der Waals surface area contributed by atoms with Crippen molar-refractivity contribution in [2.75, 3.05) is 0 Å². The number of primary amides is 1. The van der Waals surface area contributed by atoms with Crippen LogP contribution in [-0.2, 0) is 11.0 Å². The second-order valence-corrected chi connectivity index (χ2v) is 4.64. The Morgan fingerprint density at radius 3 is 2.17 bits per heavy atom. The van der Waals surface area contributed by atoms with E-state index >= 15 is 0 Å². The van der Waals surface area contributed by atoms with Gasteiger partial charge >= 0.3 is 6.18 Å². The molecule has 0 aliphatic carbocycles. The summed E-state index contributed by atoms with van der Waals surface area (Å²) in [6.07, 6.45) is -4.45. The average Bonchev–Trinajstić information content (AvgIpc) is 2.45. The van der Waals surface area contributed by atoms with Crippen LogP contribution in [0.5, 0.6) is 11.5 Å². The van der Waals surface area contributed by atoms with Gasteiger partial charge in [-0.15, -0.1) is 0 Å². The molecular formula is C16H11F4NO2. The molecule has 0 saturated heterocycles. The van der Waals surface area contributed by atoms with Gasteiger partial charge in [-0.05, 0) is 42.0 Å². The van der Waals surface area contributed by atoms with Gasteiger partial charge in [0, 0.05) is 11.6 Å². The highest BCUT2D eigenvalue weighted by molar-refractivity contribution is 6.17. The van der Waals surface area contributed by atoms with E-state index in [4.69, 9.17) is 10.5 Å². The number of ether oxygens (including phenoxy) is 1. The highest BCUT2D eigenvalue weighted by atomic mass is 19.4. The van der Waals surface area contributed by atoms with Crippen molar-refractivity contribution in [1.82, 2.24) is 0 Å². The molecule has 120 valence electrons. The highest BCUT2D eigenvalue weighted by Crippen LogP contribution is 2.32. The number of benzene rings is 2. The summed E-state index contributed by atoms with van der Waals surface area (Å²) in [5, 5.41) is 0. The van der Waals surface area contributed by atoms with Crippen molar-refractivity contribution in [3.63, 3.8) is 0 Å². The smallest absolute Gasteiger partial charge is 0.416 e. The third-order valence-electron chi connectivity index (χ3n) is 2.93. The van der Waals surface area contributed by atoms with Crippen LogP contribution >= 0.6 is 0 Å². The van der Waals surface area contributed by atoms with E-state index in [1.54, 1.807) is 0 Å². The first kappa shape index (κ1) is 16.5. The van der Waals surface area contributed by atoms with Gasteiger partial charge in [-0.3, -0.25) is 4.79 Å². The van der Waals surface area contributed by atoms with Crippen molar-refractivity contribution in [2.24, 2.45) is 5.73 Å². The second kappa shape index (κ2) is 6.12. The van der Waals surface area contributed by atoms with Crippen molar-refractivity contribution < 1.29 is 27.1 Å². The van der Waals surface area contributed by atoms with Crippen molar-refractivity contribution in [1.29, 1.82) is 0 Å². The quantitative estimate of drug-likeness (QED) is 0.678. The molecule has 23 heavy (non-hydrogen) atoms. The molecule has 3 nitrogen and oxygen atoms in total. The van der Waals surface area contributed by atoms with E-state index in [1.807, 2.05) is 0 Å². The summed E-state index contributed by atoms with van der Waals surface area (Å²) in [6.45, 7) is 3.43. The Balaban J connectivity index is 2.26. The maximum absolute atomic E-state index is 13.6. The maximum Gasteiger partial charge on any atom is 0.416 e. The second-order valence-electron chi connectivity index (χ2n) is 4.64. The van der Waals surface area contributed by atoms with Gasteiger partial charge in [0.1, 0.15) is 17.3 Å². The van der Waals surface area contributed by atoms with Gasteiger partial charge < -0.3 is 10.5 Å². The minimum Gasteiger partial charge on any atom is -0.457 e. The van der Waals surface area contributed by atoms with Crippen molar-refractivity contribution >= 4 is 11.5 Å². The molecule has 0 saturated carbocycles. The van der Waals surface area contributed by atoms with Crippen molar-refractivity contribution in [3.05, 3.63) is 66.0 Å². The first-order chi connectivity index (χ1) is 10.7. The Morgan fingerprint density at radius 2 is 1.65 bits per heavy atom. The van der Waals surface area contributed by atoms with Gasteiger partial charge in [-0.1, -0.05) is 6.58 Å². The van der Waals surface area contributed by atoms with E-state index in [9.17, 15) is 22.4 Å². The number of rotatable bonds is 4. The number of halogens is 4. The number of carbonyl (C=O) groups excluding carboxylic acids is 1. The summed E-state index contributed by atoms with van der Waals surface area (Å²) in [4.78, 5) is 11.1. The summed E-state index contributed by atoms with van der Waals surface area (Å²) in [5.41, 5.74) is 4.26. The van der Waals surface area contributed by atoms with Gasteiger partial charge in [0.25, 0.3) is 0 Å². The SMILES string of the molecule is C=C(C(N)=O)c1cc(F)cc(Oc2ccc(C(F)(F)F)cc2)c1. The number of nitrogens with two attached hydrogens (primary N) is 1. The van der Waals surface area contributed by atoms with Crippen LogP contribution in [0, 0.1) is 5.82 Å². The van der Waals surface area contributed by atoms with E-state index in [0.29, 0.717) is 0 Å². The molecular weight excluding hydrogens is 314 g/mol. The van der Waals surface area contributed by atoms with Gasteiger partial charge in [0.05, 0.1) is 5.56 Å². The van der Waals surface area contributed by atoms with E-state index in [-0.39, 0.29) is 22.6 Å². The van der Waals surface area contributed by atoms with Crippen LogP contribution in [0.3, 0.4) is 0 Å². The normalized spacial score (nSPS) is 11.1. The molecule has 0 aromatic heterocycles. The van der Waals surface area contributed by atoms with Crippen LogP contribution in [0.1, 0.15) is 11.1 Å². The monoisotopic (exact) mass is 325 g/mol. The lowest BCUT2D eigenvalue weighted by Crippen LogP contribution is -2.12. The Bertz CT molecular complexity index is 752. The molecule has 2 aromatic carbocycles. The minimum absolute atomic E-state index is 0.00200. The molecule has 0 fully saturated rings. The third kappa shape index (κ3) is 4.09. The summed E-state index contributed by atoms with van der Waals surface area (Å²) >= 11 is 0. The molecule has 0 heterocycles. The molecule has 0 spiro atoms. The molecule has 2 rings (SSSR count). The molecule has 0 bridgehead atoms. The van der Waals surface area contributed by atoms with Crippen LogP contribution in [0.25, 0.3) is 5.57 Å². The maximum atomic E-state index is 13.6. The number of carbonyl (C=O) groups is 1. The van der Waals surface area contributed by atoms with Gasteiger partial charge in [-0.2, -0.15) is 13.2 Å². The van der Waals surface area contributed by atoms with Gasteiger partial charge in [0.15, 0.2) is 0 Å². The molecule has 0 atom stereocenters. The topological polar surface area (TPSA) is 52.3 Å². The van der Waals surface area contributed by atoms with E-state index in [1.165, 1.54) is 6.07 Å². The summed E-state index contributed by atoms with van der Waals surface area (Å²) < 4.78 is 56.3. The zero-order valence-corrected chi connectivity index (χ0v) is 11.7. The molecule has 2 aromatic rings. The third-order valence-corrected chi connectivity index (χ3v) is 2.93. The predicted octanol–water partition coefficient (Wildman–Crippen LogP) is 4.14.